The van der Waals surface area contributed by atoms with Gasteiger partial charge in [0, 0.05) is 25.9 Å². The Morgan fingerprint density at radius 2 is 2.14 bits per heavy atom. The molecule has 0 saturated carbocycles. The number of carbonyl (C=O) groups is 1. The van der Waals surface area contributed by atoms with Crippen LogP contribution in [0.25, 0.3) is 5.82 Å². The summed E-state index contributed by atoms with van der Waals surface area (Å²) in [6.07, 6.45) is 2.16. The van der Waals surface area contributed by atoms with Gasteiger partial charge in [-0.3, -0.25) is 4.79 Å². The van der Waals surface area contributed by atoms with Crippen molar-refractivity contribution in [3.8, 4) is 5.82 Å². The van der Waals surface area contributed by atoms with Crippen LogP contribution in [-0.4, -0.2) is 34.3 Å². The average Bonchev–Trinajstić information content (AvgIpc) is 2.95. The number of pyridine rings is 1. The molecule has 0 atom stereocenters. The van der Waals surface area contributed by atoms with E-state index in [0.29, 0.717) is 6.54 Å². The van der Waals surface area contributed by atoms with Gasteiger partial charge in [0.2, 0.25) is 0 Å². The van der Waals surface area contributed by atoms with Crippen LogP contribution >= 0.6 is 0 Å². The molecule has 0 fully saturated rings. The predicted octanol–water partition coefficient (Wildman–Crippen LogP) is 1.73. The van der Waals surface area contributed by atoms with Crippen LogP contribution < -0.4 is 10.6 Å². The van der Waals surface area contributed by atoms with Gasteiger partial charge in [-0.1, -0.05) is 6.92 Å². The highest BCUT2D eigenvalue weighted by molar-refractivity contribution is 5.91. The highest BCUT2D eigenvalue weighted by Gasteiger charge is 2.15. The number of halogens is 2. The summed E-state index contributed by atoms with van der Waals surface area (Å²) < 4.78 is 28.5. The fraction of sp³-hybridized carbons (Fsp3) is 0.308. The summed E-state index contributed by atoms with van der Waals surface area (Å²) >= 11 is 0. The Morgan fingerprint density at radius 3 is 2.81 bits per heavy atom. The maximum Gasteiger partial charge on any atom is 0.271 e. The van der Waals surface area contributed by atoms with Crippen molar-refractivity contribution in [2.75, 3.05) is 18.9 Å². The van der Waals surface area contributed by atoms with Gasteiger partial charge < -0.3 is 10.6 Å². The van der Waals surface area contributed by atoms with Crippen LogP contribution in [0.1, 0.15) is 23.8 Å². The molecule has 0 aliphatic carbocycles. The van der Waals surface area contributed by atoms with Gasteiger partial charge in [0.1, 0.15) is 0 Å². The van der Waals surface area contributed by atoms with E-state index in [1.54, 1.807) is 0 Å². The predicted molar refractivity (Wildman–Crippen MR) is 73.4 cm³/mol. The minimum atomic E-state index is -0.860. The molecule has 112 valence electrons. The standard InChI is InChI=1S/C13H15F2N5O/c1-3-5-17-11-8(14)7-9(15)12(18-11)20-6-4-10(19-20)13(21)16-2/h4,6-7H,3,5H2,1-2H3,(H,16,21)(H,17,18). The van der Waals surface area contributed by atoms with Gasteiger partial charge in [-0.05, 0) is 12.5 Å². The third-order valence-corrected chi connectivity index (χ3v) is 2.72. The maximum absolute atomic E-state index is 13.8. The van der Waals surface area contributed by atoms with Crippen molar-refractivity contribution in [3.05, 3.63) is 35.7 Å². The Morgan fingerprint density at radius 1 is 1.38 bits per heavy atom. The number of rotatable bonds is 5. The number of carbonyl (C=O) groups excluding carboxylic acids is 1. The van der Waals surface area contributed by atoms with Crippen LogP contribution in [0, 0.1) is 11.6 Å². The Bertz CT molecular complexity index is 656. The molecule has 0 bridgehead atoms. The number of nitrogens with zero attached hydrogens (tertiary/aromatic N) is 3. The summed E-state index contributed by atoms with van der Waals surface area (Å²) in [6, 6.07) is 2.16. The second-order valence-corrected chi connectivity index (χ2v) is 4.28. The van der Waals surface area contributed by atoms with E-state index in [2.05, 4.69) is 20.7 Å². The minimum absolute atomic E-state index is 0.0507. The molecule has 2 rings (SSSR count). The number of anilines is 1. The molecule has 1 amide bonds. The van der Waals surface area contributed by atoms with Crippen molar-refractivity contribution in [1.29, 1.82) is 0 Å². The molecule has 2 heterocycles. The normalized spacial score (nSPS) is 10.5. The summed E-state index contributed by atoms with van der Waals surface area (Å²) in [4.78, 5) is 15.3. The molecular formula is C13H15F2N5O. The Hall–Kier alpha value is -2.51. The molecule has 2 aromatic rings. The number of amides is 1. The molecular weight excluding hydrogens is 280 g/mol. The molecule has 0 saturated heterocycles. The van der Waals surface area contributed by atoms with Crippen LogP contribution in [0.15, 0.2) is 18.3 Å². The minimum Gasteiger partial charge on any atom is -0.368 e. The van der Waals surface area contributed by atoms with Gasteiger partial charge >= 0.3 is 0 Å². The summed E-state index contributed by atoms with van der Waals surface area (Å²) in [7, 11) is 1.46. The van der Waals surface area contributed by atoms with E-state index < -0.39 is 17.5 Å². The first-order chi connectivity index (χ1) is 10.1. The van der Waals surface area contributed by atoms with Crippen molar-refractivity contribution in [3.63, 3.8) is 0 Å². The van der Waals surface area contributed by atoms with Crippen molar-refractivity contribution in [2.24, 2.45) is 0 Å². The van der Waals surface area contributed by atoms with Crippen LogP contribution in [0.5, 0.6) is 0 Å². The Balaban J connectivity index is 2.38. The van der Waals surface area contributed by atoms with E-state index in [4.69, 9.17) is 0 Å². The van der Waals surface area contributed by atoms with E-state index in [9.17, 15) is 13.6 Å². The Kier molecular flexibility index (Phi) is 4.46. The van der Waals surface area contributed by atoms with Crippen LogP contribution in [0.2, 0.25) is 0 Å². The SMILES string of the molecule is CCCNc1nc(-n2ccc(C(=O)NC)n2)c(F)cc1F. The lowest BCUT2D eigenvalue weighted by molar-refractivity contribution is 0.0957. The van der Waals surface area contributed by atoms with E-state index in [0.717, 1.165) is 17.2 Å². The first-order valence-electron chi connectivity index (χ1n) is 6.44. The van der Waals surface area contributed by atoms with Crippen molar-refractivity contribution in [2.45, 2.75) is 13.3 Å². The van der Waals surface area contributed by atoms with Crippen molar-refractivity contribution >= 4 is 11.7 Å². The fourth-order valence-electron chi connectivity index (χ4n) is 1.68. The van der Waals surface area contributed by atoms with Gasteiger partial charge in [0.25, 0.3) is 5.91 Å². The lowest BCUT2D eigenvalue weighted by atomic mass is 10.4. The number of hydrogen-bond donors (Lipinski definition) is 2. The maximum atomic E-state index is 13.8. The molecule has 21 heavy (non-hydrogen) atoms. The van der Waals surface area contributed by atoms with Gasteiger partial charge in [-0.15, -0.1) is 0 Å². The van der Waals surface area contributed by atoms with Crippen LogP contribution in [0.3, 0.4) is 0 Å². The second kappa shape index (κ2) is 6.29. The van der Waals surface area contributed by atoms with Gasteiger partial charge in [0.05, 0.1) is 0 Å². The topological polar surface area (TPSA) is 71.8 Å². The lowest BCUT2D eigenvalue weighted by Crippen LogP contribution is -2.19. The quantitative estimate of drug-likeness (QED) is 0.881. The number of nitrogens with one attached hydrogen (secondary N) is 2. The molecule has 0 aromatic carbocycles. The van der Waals surface area contributed by atoms with Gasteiger partial charge in [-0.2, -0.15) is 5.10 Å². The molecule has 6 nitrogen and oxygen atoms in total. The largest absolute Gasteiger partial charge is 0.368 e. The number of hydrogen-bond acceptors (Lipinski definition) is 4. The molecule has 0 aliphatic heterocycles. The van der Waals surface area contributed by atoms with E-state index >= 15 is 0 Å². The molecule has 0 aliphatic rings. The van der Waals surface area contributed by atoms with Crippen LogP contribution in [0.4, 0.5) is 14.6 Å². The summed E-state index contributed by atoms with van der Waals surface area (Å²) in [5.74, 6) is -2.26. The van der Waals surface area contributed by atoms with Crippen LogP contribution in [-0.2, 0) is 0 Å². The third-order valence-electron chi connectivity index (χ3n) is 2.72. The molecule has 2 N–H and O–H groups in total. The second-order valence-electron chi connectivity index (χ2n) is 4.28. The van der Waals surface area contributed by atoms with Crippen molar-refractivity contribution < 1.29 is 13.6 Å². The van der Waals surface area contributed by atoms with Gasteiger partial charge in [0.15, 0.2) is 29.0 Å². The first-order valence-corrected chi connectivity index (χ1v) is 6.44. The monoisotopic (exact) mass is 295 g/mol. The molecule has 0 radical (unpaired) electrons. The van der Waals surface area contributed by atoms with Crippen molar-refractivity contribution in [1.82, 2.24) is 20.1 Å². The summed E-state index contributed by atoms with van der Waals surface area (Å²) in [6.45, 7) is 2.43. The lowest BCUT2D eigenvalue weighted by Gasteiger charge is -2.08. The summed E-state index contributed by atoms with van der Waals surface area (Å²) in [5.41, 5.74) is 0.117. The zero-order valence-corrected chi connectivity index (χ0v) is 11.7. The highest BCUT2D eigenvalue weighted by Crippen LogP contribution is 2.18. The Labute approximate surface area is 120 Å². The van der Waals surface area contributed by atoms with E-state index in [-0.39, 0.29) is 17.3 Å². The molecule has 8 heteroatoms. The smallest absolute Gasteiger partial charge is 0.271 e. The summed E-state index contributed by atoms with van der Waals surface area (Å²) in [5, 5.41) is 9.09. The number of aromatic nitrogens is 3. The van der Waals surface area contributed by atoms with E-state index in [1.807, 2.05) is 6.92 Å². The molecule has 0 unspecified atom stereocenters. The zero-order valence-electron chi connectivity index (χ0n) is 11.7. The fourth-order valence-corrected chi connectivity index (χ4v) is 1.68. The molecule has 0 spiro atoms. The van der Waals surface area contributed by atoms with Gasteiger partial charge in [-0.25, -0.2) is 18.4 Å². The molecule has 2 aromatic heterocycles. The highest BCUT2D eigenvalue weighted by atomic mass is 19.1. The third kappa shape index (κ3) is 3.15. The van der Waals surface area contributed by atoms with E-state index in [1.165, 1.54) is 19.3 Å². The first kappa shape index (κ1) is 14.9. The zero-order chi connectivity index (χ0) is 15.4. The average molecular weight is 295 g/mol.